The topological polar surface area (TPSA) is 8.81 Å². The van der Waals surface area contributed by atoms with E-state index >= 15 is 0 Å². The van der Waals surface area contributed by atoms with Crippen molar-refractivity contribution < 1.29 is 4.57 Å². The molecule has 0 amide bonds. The van der Waals surface area contributed by atoms with E-state index in [0.717, 1.165) is 0 Å². The van der Waals surface area contributed by atoms with Crippen molar-refractivity contribution in [3.05, 3.63) is 48.5 Å². The van der Waals surface area contributed by atoms with Crippen molar-refractivity contribution >= 4 is 0 Å². The van der Waals surface area contributed by atoms with Crippen molar-refractivity contribution in [3.63, 3.8) is 0 Å². The summed E-state index contributed by atoms with van der Waals surface area (Å²) >= 11 is 0. The van der Waals surface area contributed by atoms with Crippen LogP contribution in [0.1, 0.15) is 187 Å². The number of aryl methyl sites for hydroxylation is 1. The number of benzene rings is 1. The fourth-order valence-corrected chi connectivity index (χ4v) is 6.35. The first-order valence-corrected chi connectivity index (χ1v) is 18.5. The molecule has 2 aromatic rings. The molecule has 2 rings (SSSR count). The van der Waals surface area contributed by atoms with E-state index in [1.807, 2.05) is 0 Å². The van der Waals surface area contributed by atoms with Gasteiger partial charge in [-0.3, -0.25) is 0 Å². The first kappa shape index (κ1) is 35.6. The molecule has 2 heteroatoms. The summed E-state index contributed by atoms with van der Waals surface area (Å²) in [5.74, 6) is 1.50. The second-order valence-electron chi connectivity index (χ2n) is 12.8. The van der Waals surface area contributed by atoms with E-state index in [9.17, 15) is 0 Å². The first-order valence-electron chi connectivity index (χ1n) is 18.5. The quantitative estimate of drug-likeness (QED) is 0.0685. The zero-order valence-electron chi connectivity index (χ0n) is 27.7. The molecule has 234 valence electrons. The van der Waals surface area contributed by atoms with Gasteiger partial charge in [0.05, 0.1) is 6.54 Å². The van der Waals surface area contributed by atoms with E-state index in [1.54, 1.807) is 0 Å². The molecule has 0 fully saturated rings. The second-order valence-corrected chi connectivity index (χ2v) is 12.8. The van der Waals surface area contributed by atoms with Crippen LogP contribution in [0.4, 0.5) is 0 Å². The van der Waals surface area contributed by atoms with E-state index in [-0.39, 0.29) is 0 Å². The molecule has 0 saturated carbocycles. The van der Waals surface area contributed by atoms with Crippen LogP contribution in [-0.2, 0) is 13.0 Å². The van der Waals surface area contributed by atoms with Crippen LogP contribution in [0.25, 0.3) is 5.69 Å². The van der Waals surface area contributed by atoms with Gasteiger partial charge in [0, 0.05) is 6.42 Å². The van der Waals surface area contributed by atoms with Gasteiger partial charge < -0.3 is 0 Å². The van der Waals surface area contributed by atoms with Crippen LogP contribution < -0.4 is 4.57 Å². The van der Waals surface area contributed by atoms with Crippen molar-refractivity contribution in [3.8, 4) is 5.69 Å². The Morgan fingerprint density at radius 3 is 1.29 bits per heavy atom. The highest BCUT2D eigenvalue weighted by atomic mass is 15.1. The van der Waals surface area contributed by atoms with Gasteiger partial charge in [0.15, 0.2) is 0 Å². The van der Waals surface area contributed by atoms with Gasteiger partial charge in [0.25, 0.3) is 5.82 Å². The summed E-state index contributed by atoms with van der Waals surface area (Å²) in [6.07, 6.45) is 42.8. The summed E-state index contributed by atoms with van der Waals surface area (Å²) in [4.78, 5) is 0. The zero-order chi connectivity index (χ0) is 29.1. The van der Waals surface area contributed by atoms with Crippen molar-refractivity contribution in [1.82, 2.24) is 4.57 Å². The summed E-state index contributed by atoms with van der Waals surface area (Å²) in [7, 11) is 0. The highest BCUT2D eigenvalue weighted by Gasteiger charge is 2.18. The Bertz CT molecular complexity index is 808. The number of nitrogens with zero attached hydrogens (tertiary/aromatic N) is 2. The number of imidazole rings is 1. The maximum atomic E-state index is 2.56. The Hall–Kier alpha value is -1.57. The average Bonchev–Trinajstić information content (AvgIpc) is 3.40. The standard InChI is InChI=1S/C39H69N2/c1-3-5-7-9-11-13-15-17-18-20-22-24-26-31-35-40-36-37-41(38-32-28-27-29-33-38)39(40)34-30-25-23-21-19-16-14-12-10-8-6-4-2/h27-29,32-33,36-37H,3-26,30-31,34-35H2,1-2H3/q+1. The predicted molar refractivity (Wildman–Crippen MR) is 181 cm³/mol. The molecule has 0 atom stereocenters. The van der Waals surface area contributed by atoms with Crippen molar-refractivity contribution in [2.75, 3.05) is 0 Å². The van der Waals surface area contributed by atoms with Gasteiger partial charge in [-0.1, -0.05) is 180 Å². The maximum Gasteiger partial charge on any atom is 0.261 e. The zero-order valence-corrected chi connectivity index (χ0v) is 27.7. The predicted octanol–water partition coefficient (Wildman–Crippen LogP) is 12.5. The largest absolute Gasteiger partial charge is 0.261 e. The van der Waals surface area contributed by atoms with Crippen LogP contribution in [0.2, 0.25) is 0 Å². The molecule has 0 spiro atoms. The van der Waals surface area contributed by atoms with E-state index < -0.39 is 0 Å². The lowest BCUT2D eigenvalue weighted by atomic mass is 10.0. The molecule has 0 aliphatic carbocycles. The van der Waals surface area contributed by atoms with Gasteiger partial charge in [-0.2, -0.15) is 4.57 Å². The molecule has 0 aliphatic heterocycles. The third-order valence-corrected chi connectivity index (χ3v) is 9.05. The number of rotatable bonds is 29. The van der Waals surface area contributed by atoms with Gasteiger partial charge in [0.1, 0.15) is 18.1 Å². The molecule has 0 N–H and O–H groups in total. The van der Waals surface area contributed by atoms with Gasteiger partial charge in [-0.25, -0.2) is 4.57 Å². The van der Waals surface area contributed by atoms with Crippen molar-refractivity contribution in [2.24, 2.45) is 0 Å². The number of unbranched alkanes of at least 4 members (excludes halogenated alkanes) is 24. The fourth-order valence-electron chi connectivity index (χ4n) is 6.35. The summed E-state index contributed by atoms with van der Waals surface area (Å²) < 4.78 is 5.01. The third kappa shape index (κ3) is 17.9. The molecule has 2 nitrogen and oxygen atoms in total. The average molecular weight is 566 g/mol. The Balaban J connectivity index is 1.59. The Morgan fingerprint density at radius 1 is 0.463 bits per heavy atom. The Morgan fingerprint density at radius 2 is 0.854 bits per heavy atom. The van der Waals surface area contributed by atoms with Crippen LogP contribution in [0.5, 0.6) is 0 Å². The lowest BCUT2D eigenvalue weighted by Crippen LogP contribution is -2.37. The smallest absolute Gasteiger partial charge is 0.234 e. The molecule has 1 aromatic carbocycles. The molecule has 0 radical (unpaired) electrons. The van der Waals surface area contributed by atoms with Gasteiger partial charge in [0.2, 0.25) is 0 Å². The second kappa shape index (κ2) is 26.1. The minimum atomic E-state index is 1.17. The van der Waals surface area contributed by atoms with E-state index in [0.29, 0.717) is 0 Å². The van der Waals surface area contributed by atoms with E-state index in [4.69, 9.17) is 0 Å². The third-order valence-electron chi connectivity index (χ3n) is 9.05. The summed E-state index contributed by atoms with van der Waals surface area (Å²) in [5, 5.41) is 0. The summed E-state index contributed by atoms with van der Waals surface area (Å²) in [6.45, 7) is 5.78. The molecular formula is C39H69N2+. The maximum absolute atomic E-state index is 2.56. The molecule has 0 saturated heterocycles. The molecule has 0 aliphatic rings. The molecular weight excluding hydrogens is 496 g/mol. The van der Waals surface area contributed by atoms with Crippen LogP contribution in [-0.4, -0.2) is 4.57 Å². The first-order chi connectivity index (χ1) is 20.4. The van der Waals surface area contributed by atoms with Gasteiger partial charge >= 0.3 is 0 Å². The number of hydrogen-bond acceptors (Lipinski definition) is 0. The van der Waals surface area contributed by atoms with Crippen molar-refractivity contribution in [1.29, 1.82) is 0 Å². The highest BCUT2D eigenvalue weighted by Crippen LogP contribution is 2.16. The Labute approximate surface area is 256 Å². The van der Waals surface area contributed by atoms with Gasteiger partial charge in [-0.15, -0.1) is 0 Å². The lowest BCUT2D eigenvalue weighted by Gasteiger charge is -2.07. The van der Waals surface area contributed by atoms with Crippen molar-refractivity contribution in [2.45, 2.75) is 194 Å². The Kier molecular flexibility index (Phi) is 22.7. The fraction of sp³-hybridized carbons (Fsp3) is 0.769. The minimum absolute atomic E-state index is 1.17. The molecule has 0 bridgehead atoms. The monoisotopic (exact) mass is 566 g/mol. The van der Waals surface area contributed by atoms with Crippen LogP contribution in [0.3, 0.4) is 0 Å². The van der Waals surface area contributed by atoms with E-state index in [2.05, 4.69) is 65.7 Å². The lowest BCUT2D eigenvalue weighted by molar-refractivity contribution is -0.704. The molecule has 41 heavy (non-hydrogen) atoms. The molecule has 1 heterocycles. The summed E-state index contributed by atoms with van der Waals surface area (Å²) in [5.41, 5.74) is 1.31. The molecule has 0 unspecified atom stereocenters. The highest BCUT2D eigenvalue weighted by molar-refractivity contribution is 5.31. The van der Waals surface area contributed by atoms with Crippen LogP contribution in [0.15, 0.2) is 42.7 Å². The minimum Gasteiger partial charge on any atom is -0.234 e. The van der Waals surface area contributed by atoms with E-state index in [1.165, 1.54) is 191 Å². The summed E-state index contributed by atoms with van der Waals surface area (Å²) in [6, 6.07) is 11.0. The normalized spacial score (nSPS) is 11.5. The number of para-hydroxylation sites is 1. The van der Waals surface area contributed by atoms with Crippen LogP contribution in [0, 0.1) is 0 Å². The number of aromatic nitrogens is 2. The number of hydrogen-bond donors (Lipinski definition) is 0. The molecule has 1 aromatic heterocycles. The SMILES string of the molecule is CCCCCCCCCCCCCCCC[n+]1ccn(-c2ccccc2)c1CCCCCCCCCCCCCC. The van der Waals surface area contributed by atoms with Gasteiger partial charge in [-0.05, 0) is 31.4 Å². The van der Waals surface area contributed by atoms with Crippen LogP contribution >= 0.6 is 0 Å².